The summed E-state index contributed by atoms with van der Waals surface area (Å²) in [6, 6.07) is 8.07. The maximum Gasteiger partial charge on any atom is 0.227 e. The van der Waals surface area contributed by atoms with E-state index in [9.17, 15) is 4.79 Å². The van der Waals surface area contributed by atoms with E-state index >= 15 is 0 Å². The van der Waals surface area contributed by atoms with Crippen LogP contribution in [0.5, 0.6) is 0 Å². The van der Waals surface area contributed by atoms with Crippen LogP contribution in [0.4, 0.5) is 5.69 Å². The van der Waals surface area contributed by atoms with Crippen LogP contribution in [-0.2, 0) is 9.53 Å². The summed E-state index contributed by atoms with van der Waals surface area (Å²) in [4.78, 5) is 12.4. The monoisotopic (exact) mass is 260 g/mol. The molecule has 0 spiro atoms. The van der Waals surface area contributed by atoms with E-state index in [0.717, 1.165) is 37.4 Å². The van der Waals surface area contributed by atoms with Crippen LogP contribution in [0.2, 0.25) is 0 Å². The molecule has 0 saturated carbocycles. The van der Waals surface area contributed by atoms with Gasteiger partial charge in [0.1, 0.15) is 0 Å². The van der Waals surface area contributed by atoms with Crippen LogP contribution in [0.1, 0.15) is 24.8 Å². The molecule has 0 bridgehead atoms. The van der Waals surface area contributed by atoms with Crippen molar-refractivity contribution < 1.29 is 9.53 Å². The first-order valence-corrected chi connectivity index (χ1v) is 6.86. The van der Waals surface area contributed by atoms with Gasteiger partial charge < -0.3 is 15.4 Å². The first-order valence-electron chi connectivity index (χ1n) is 6.86. The minimum atomic E-state index is -0.0259. The quantitative estimate of drug-likeness (QED) is 0.870. The molecular weight excluding hydrogens is 240 g/mol. The van der Waals surface area contributed by atoms with E-state index in [1.54, 1.807) is 0 Å². The minimum Gasteiger partial charge on any atom is -0.385 e. The van der Waals surface area contributed by atoms with Crippen LogP contribution in [0.15, 0.2) is 24.3 Å². The molecule has 1 aromatic carbocycles. The second-order valence-corrected chi connectivity index (χ2v) is 5.88. The lowest BCUT2D eigenvalue weighted by atomic mass is 9.87. The van der Waals surface area contributed by atoms with Gasteiger partial charge in [-0.15, -0.1) is 0 Å². The van der Waals surface area contributed by atoms with Gasteiger partial charge in [-0.05, 0) is 18.1 Å². The van der Waals surface area contributed by atoms with Gasteiger partial charge in [-0.2, -0.15) is 0 Å². The number of amides is 1. The van der Waals surface area contributed by atoms with Gasteiger partial charge in [0, 0.05) is 24.2 Å². The van der Waals surface area contributed by atoms with Gasteiger partial charge in [-0.25, -0.2) is 0 Å². The highest BCUT2D eigenvalue weighted by Crippen LogP contribution is 2.32. The number of hydrogen-bond acceptors (Lipinski definition) is 3. The fraction of sp³-hybridized carbons (Fsp3) is 0.533. The highest BCUT2D eigenvalue weighted by atomic mass is 16.5. The van der Waals surface area contributed by atoms with Crippen molar-refractivity contribution in [2.24, 2.45) is 5.41 Å². The molecule has 2 aliphatic rings. The van der Waals surface area contributed by atoms with E-state index in [2.05, 4.69) is 17.6 Å². The highest BCUT2D eigenvalue weighted by molar-refractivity contribution is 5.86. The van der Waals surface area contributed by atoms with Crippen molar-refractivity contribution in [3.05, 3.63) is 29.8 Å². The van der Waals surface area contributed by atoms with Crippen molar-refractivity contribution in [3.63, 3.8) is 0 Å². The smallest absolute Gasteiger partial charge is 0.227 e. The number of hydrogen-bond donors (Lipinski definition) is 2. The van der Waals surface area contributed by atoms with E-state index in [4.69, 9.17) is 4.74 Å². The lowest BCUT2D eigenvalue weighted by Gasteiger charge is -2.38. The topological polar surface area (TPSA) is 50.4 Å². The SMILES string of the molecule is CC1(CNC(=O)C2CCNc3ccccc32)COC1. The average molecular weight is 260 g/mol. The third-order valence-electron chi connectivity index (χ3n) is 3.99. The van der Waals surface area contributed by atoms with E-state index in [0.29, 0.717) is 6.54 Å². The summed E-state index contributed by atoms with van der Waals surface area (Å²) in [7, 11) is 0. The number of benzene rings is 1. The first kappa shape index (κ1) is 12.5. The van der Waals surface area contributed by atoms with E-state index in [1.165, 1.54) is 0 Å². The first-order chi connectivity index (χ1) is 9.18. The molecule has 0 aliphatic carbocycles. The van der Waals surface area contributed by atoms with Gasteiger partial charge in [0.25, 0.3) is 0 Å². The Morgan fingerprint density at radius 3 is 3.00 bits per heavy atom. The van der Waals surface area contributed by atoms with Gasteiger partial charge in [0.15, 0.2) is 0 Å². The summed E-state index contributed by atoms with van der Waals surface area (Å²) in [5.41, 5.74) is 2.33. The summed E-state index contributed by atoms with van der Waals surface area (Å²) in [6.45, 7) is 5.20. The number of carbonyl (C=O) groups is 1. The van der Waals surface area contributed by atoms with E-state index in [1.807, 2.05) is 24.3 Å². The predicted octanol–water partition coefficient (Wildman–Crippen LogP) is 1.74. The van der Waals surface area contributed by atoms with Gasteiger partial charge in [-0.1, -0.05) is 25.1 Å². The number of fused-ring (bicyclic) bond motifs is 1. The maximum atomic E-state index is 12.4. The van der Waals surface area contributed by atoms with Crippen LogP contribution in [-0.4, -0.2) is 32.2 Å². The summed E-state index contributed by atoms with van der Waals surface area (Å²) >= 11 is 0. The number of para-hydroxylation sites is 1. The molecule has 1 saturated heterocycles. The van der Waals surface area contributed by atoms with Gasteiger partial charge in [-0.3, -0.25) is 4.79 Å². The Hall–Kier alpha value is -1.55. The fourth-order valence-corrected chi connectivity index (χ4v) is 2.72. The molecule has 2 aliphatic heterocycles. The van der Waals surface area contributed by atoms with Crippen molar-refractivity contribution in [2.75, 3.05) is 31.6 Å². The molecule has 2 heterocycles. The average Bonchev–Trinajstić information content (AvgIpc) is 2.42. The molecule has 3 rings (SSSR count). The van der Waals surface area contributed by atoms with Gasteiger partial charge in [0.05, 0.1) is 19.1 Å². The number of nitrogens with one attached hydrogen (secondary N) is 2. The zero-order chi connectivity index (χ0) is 13.3. The molecule has 0 radical (unpaired) electrons. The molecule has 1 amide bonds. The molecule has 1 unspecified atom stereocenters. The van der Waals surface area contributed by atoms with Crippen molar-refractivity contribution in [1.82, 2.24) is 5.32 Å². The third-order valence-corrected chi connectivity index (χ3v) is 3.99. The normalized spacial score (nSPS) is 23.7. The Bertz CT molecular complexity index is 483. The summed E-state index contributed by atoms with van der Waals surface area (Å²) in [5.74, 6) is 0.115. The largest absolute Gasteiger partial charge is 0.385 e. The second kappa shape index (κ2) is 4.85. The van der Waals surface area contributed by atoms with Crippen molar-refractivity contribution in [2.45, 2.75) is 19.3 Å². The molecule has 4 nitrogen and oxygen atoms in total. The minimum absolute atomic E-state index is 0.0259. The van der Waals surface area contributed by atoms with Crippen LogP contribution in [0.25, 0.3) is 0 Å². The molecule has 102 valence electrons. The van der Waals surface area contributed by atoms with Crippen molar-refractivity contribution >= 4 is 11.6 Å². The van der Waals surface area contributed by atoms with Gasteiger partial charge in [0.2, 0.25) is 5.91 Å². The molecular formula is C15H20N2O2. The molecule has 2 N–H and O–H groups in total. The Kier molecular flexibility index (Phi) is 3.19. The lowest BCUT2D eigenvalue weighted by Crippen LogP contribution is -2.49. The van der Waals surface area contributed by atoms with Gasteiger partial charge >= 0.3 is 0 Å². The number of anilines is 1. The Balaban J connectivity index is 1.67. The number of carbonyl (C=O) groups excluding carboxylic acids is 1. The summed E-state index contributed by atoms with van der Waals surface area (Å²) < 4.78 is 5.21. The zero-order valence-electron chi connectivity index (χ0n) is 11.2. The van der Waals surface area contributed by atoms with Crippen molar-refractivity contribution in [3.8, 4) is 0 Å². The number of ether oxygens (including phenoxy) is 1. The third kappa shape index (κ3) is 2.45. The van der Waals surface area contributed by atoms with Crippen molar-refractivity contribution in [1.29, 1.82) is 0 Å². The number of rotatable bonds is 3. The van der Waals surface area contributed by atoms with Crippen LogP contribution in [0.3, 0.4) is 0 Å². The molecule has 1 fully saturated rings. The highest BCUT2D eigenvalue weighted by Gasteiger charge is 2.35. The standard InChI is InChI=1S/C15H20N2O2/c1-15(9-19-10-15)8-17-14(18)12-6-7-16-13-5-3-2-4-11(12)13/h2-5,12,16H,6-10H2,1H3,(H,17,18). The predicted molar refractivity (Wildman–Crippen MR) is 74.2 cm³/mol. The van der Waals surface area contributed by atoms with Crippen LogP contribution < -0.4 is 10.6 Å². The van der Waals surface area contributed by atoms with Crippen LogP contribution in [0, 0.1) is 5.41 Å². The maximum absolute atomic E-state index is 12.4. The molecule has 1 atom stereocenters. The van der Waals surface area contributed by atoms with E-state index in [-0.39, 0.29) is 17.2 Å². The lowest BCUT2D eigenvalue weighted by molar-refractivity contribution is -0.128. The molecule has 0 aromatic heterocycles. The summed E-state index contributed by atoms with van der Waals surface area (Å²) in [6.07, 6.45) is 0.857. The second-order valence-electron chi connectivity index (χ2n) is 5.88. The fourth-order valence-electron chi connectivity index (χ4n) is 2.72. The molecule has 1 aromatic rings. The molecule has 4 heteroatoms. The zero-order valence-corrected chi connectivity index (χ0v) is 11.2. The molecule has 19 heavy (non-hydrogen) atoms. The Morgan fingerprint density at radius 2 is 2.26 bits per heavy atom. The Labute approximate surface area is 113 Å². The summed E-state index contributed by atoms with van der Waals surface area (Å²) in [5, 5.41) is 6.43. The van der Waals surface area contributed by atoms with Crippen LogP contribution >= 0.6 is 0 Å². The van der Waals surface area contributed by atoms with E-state index < -0.39 is 0 Å². The Morgan fingerprint density at radius 1 is 1.47 bits per heavy atom.